The molecule has 0 N–H and O–H groups in total. The van der Waals surface area contributed by atoms with Crippen LogP contribution in [0.5, 0.6) is 0 Å². The van der Waals surface area contributed by atoms with Crippen molar-refractivity contribution >= 4 is 32.8 Å². The van der Waals surface area contributed by atoms with Crippen molar-refractivity contribution in [3.63, 3.8) is 0 Å². The second-order valence-corrected chi connectivity index (χ2v) is 13.6. The molecule has 9 aromatic rings. The second-order valence-electron chi connectivity index (χ2n) is 13.6. The lowest BCUT2D eigenvalue weighted by Crippen LogP contribution is -2.14. The van der Waals surface area contributed by atoms with Gasteiger partial charge < -0.3 is 4.42 Å². The van der Waals surface area contributed by atoms with Crippen LogP contribution in [-0.2, 0) is 5.41 Å². The molecule has 0 radical (unpaired) electrons. The Kier molecular flexibility index (Phi) is 6.19. The monoisotopic (exact) mass is 641 g/mol. The van der Waals surface area contributed by atoms with E-state index in [9.17, 15) is 0 Å². The maximum Gasteiger partial charge on any atom is 0.162 e. The largest absolute Gasteiger partial charge is 0.454 e. The highest BCUT2D eigenvalue weighted by molar-refractivity contribution is 6.20. The molecule has 1 aliphatic rings. The maximum absolute atomic E-state index is 6.47. The van der Waals surface area contributed by atoms with Gasteiger partial charge in [-0.1, -0.05) is 141 Å². The van der Waals surface area contributed by atoms with Crippen molar-refractivity contribution in [2.75, 3.05) is 0 Å². The quantitative estimate of drug-likeness (QED) is 0.192. The Morgan fingerprint density at radius 1 is 0.480 bits per heavy atom. The van der Waals surface area contributed by atoms with E-state index in [4.69, 9.17) is 19.4 Å². The molecule has 0 amide bonds. The number of rotatable bonds is 4. The summed E-state index contributed by atoms with van der Waals surface area (Å²) in [4.78, 5) is 15.4. The summed E-state index contributed by atoms with van der Waals surface area (Å²) in [6, 6.07) is 52.9. The number of furan rings is 1. The van der Waals surface area contributed by atoms with Crippen LogP contribution in [0, 0.1) is 0 Å². The zero-order valence-corrected chi connectivity index (χ0v) is 27.7. The van der Waals surface area contributed by atoms with Gasteiger partial charge in [0.25, 0.3) is 0 Å². The number of para-hydroxylation sites is 2. The van der Waals surface area contributed by atoms with Gasteiger partial charge in [-0.3, -0.25) is 0 Å². The van der Waals surface area contributed by atoms with E-state index in [0.29, 0.717) is 5.82 Å². The Hall–Kier alpha value is -6.39. The molecule has 10 rings (SSSR count). The van der Waals surface area contributed by atoms with Gasteiger partial charge in [0.2, 0.25) is 0 Å². The normalized spacial score (nSPS) is 13.2. The van der Waals surface area contributed by atoms with E-state index in [0.717, 1.165) is 72.2 Å². The molecule has 0 bridgehead atoms. The van der Waals surface area contributed by atoms with Gasteiger partial charge in [0.1, 0.15) is 11.3 Å². The van der Waals surface area contributed by atoms with Crippen molar-refractivity contribution in [2.24, 2.45) is 0 Å². The van der Waals surface area contributed by atoms with Crippen molar-refractivity contribution in [3.05, 3.63) is 163 Å². The van der Waals surface area contributed by atoms with Crippen molar-refractivity contribution in [1.82, 2.24) is 15.0 Å². The summed E-state index contributed by atoms with van der Waals surface area (Å²) in [7, 11) is 0. The molecule has 0 spiro atoms. The Morgan fingerprint density at radius 3 is 1.96 bits per heavy atom. The second kappa shape index (κ2) is 10.8. The Balaban J connectivity index is 1.11. The molecule has 3 heterocycles. The number of fused-ring (bicyclic) bond motifs is 8. The average Bonchev–Trinajstić information content (AvgIpc) is 3.67. The number of aromatic nitrogens is 3. The molecular formula is C46H31N3O. The average molecular weight is 642 g/mol. The highest BCUT2D eigenvalue weighted by atomic mass is 16.3. The molecule has 0 saturated carbocycles. The molecule has 0 unspecified atom stereocenters. The van der Waals surface area contributed by atoms with E-state index >= 15 is 0 Å². The van der Waals surface area contributed by atoms with Crippen LogP contribution in [0.15, 0.2) is 156 Å². The number of hydrogen-bond donors (Lipinski definition) is 0. The first-order chi connectivity index (χ1) is 24.5. The molecule has 0 saturated heterocycles. The van der Waals surface area contributed by atoms with Gasteiger partial charge in [-0.15, -0.1) is 0 Å². The Bertz CT molecular complexity index is 2780. The molecule has 50 heavy (non-hydrogen) atoms. The van der Waals surface area contributed by atoms with Crippen molar-refractivity contribution < 1.29 is 4.42 Å². The minimum Gasteiger partial charge on any atom is -0.454 e. The van der Waals surface area contributed by atoms with E-state index in [-0.39, 0.29) is 5.41 Å². The molecular weight excluding hydrogens is 611 g/mol. The van der Waals surface area contributed by atoms with E-state index in [1.165, 1.54) is 22.3 Å². The van der Waals surface area contributed by atoms with Crippen LogP contribution in [0.3, 0.4) is 0 Å². The third-order valence-electron chi connectivity index (χ3n) is 10.3. The zero-order chi connectivity index (χ0) is 33.4. The number of pyridine rings is 1. The Morgan fingerprint density at radius 2 is 1.12 bits per heavy atom. The van der Waals surface area contributed by atoms with Crippen LogP contribution in [0.2, 0.25) is 0 Å². The summed E-state index contributed by atoms with van der Waals surface area (Å²) in [5, 5.41) is 3.28. The number of benzene rings is 6. The van der Waals surface area contributed by atoms with Gasteiger partial charge in [0.05, 0.1) is 16.9 Å². The summed E-state index contributed by atoms with van der Waals surface area (Å²) in [5.41, 5.74) is 14.4. The lowest BCUT2D eigenvalue weighted by Gasteiger charge is -2.22. The molecule has 0 aliphatic heterocycles. The van der Waals surface area contributed by atoms with Crippen molar-refractivity contribution in [3.8, 4) is 56.3 Å². The third kappa shape index (κ3) is 4.35. The molecule has 0 atom stereocenters. The highest BCUT2D eigenvalue weighted by Gasteiger charge is 2.35. The SMILES string of the molecule is CC1(C)c2ccccc2-c2ccc(-c3cc(-c4ccc(-c5nc6ccccc6c6c5oc5ccccc56)cc4)nc(-c4ccccc4)n3)cc21. The van der Waals surface area contributed by atoms with E-state index in [1.807, 2.05) is 36.4 Å². The minimum absolute atomic E-state index is 0.0993. The highest BCUT2D eigenvalue weighted by Crippen LogP contribution is 2.49. The van der Waals surface area contributed by atoms with Crippen LogP contribution >= 0.6 is 0 Å². The number of nitrogens with zero attached hydrogens (tertiary/aromatic N) is 3. The van der Waals surface area contributed by atoms with E-state index in [2.05, 4.69) is 129 Å². The topological polar surface area (TPSA) is 51.8 Å². The summed E-state index contributed by atoms with van der Waals surface area (Å²) in [6.07, 6.45) is 0. The molecule has 236 valence electrons. The molecule has 6 aromatic carbocycles. The van der Waals surface area contributed by atoms with E-state index in [1.54, 1.807) is 0 Å². The molecule has 0 fully saturated rings. The first-order valence-electron chi connectivity index (χ1n) is 17.0. The van der Waals surface area contributed by atoms with Crippen LogP contribution in [0.4, 0.5) is 0 Å². The van der Waals surface area contributed by atoms with Crippen LogP contribution < -0.4 is 0 Å². The fraction of sp³-hybridized carbons (Fsp3) is 0.0652. The van der Waals surface area contributed by atoms with Gasteiger partial charge >= 0.3 is 0 Å². The van der Waals surface area contributed by atoms with Crippen LogP contribution in [0.1, 0.15) is 25.0 Å². The summed E-state index contributed by atoms with van der Waals surface area (Å²) in [6.45, 7) is 4.63. The third-order valence-corrected chi connectivity index (χ3v) is 10.3. The molecule has 4 heteroatoms. The van der Waals surface area contributed by atoms with E-state index < -0.39 is 0 Å². The van der Waals surface area contributed by atoms with Crippen LogP contribution in [0.25, 0.3) is 89.1 Å². The van der Waals surface area contributed by atoms with Gasteiger partial charge in [0, 0.05) is 43.8 Å². The summed E-state index contributed by atoms with van der Waals surface area (Å²) in [5.74, 6) is 0.699. The molecule has 1 aliphatic carbocycles. The Labute approximate surface area is 289 Å². The summed E-state index contributed by atoms with van der Waals surface area (Å²) >= 11 is 0. The van der Waals surface area contributed by atoms with Gasteiger partial charge in [-0.05, 0) is 46.5 Å². The fourth-order valence-corrected chi connectivity index (χ4v) is 7.75. The predicted molar refractivity (Wildman–Crippen MR) is 204 cm³/mol. The first-order valence-corrected chi connectivity index (χ1v) is 17.0. The number of hydrogen-bond acceptors (Lipinski definition) is 4. The van der Waals surface area contributed by atoms with Gasteiger partial charge in [0.15, 0.2) is 11.4 Å². The smallest absolute Gasteiger partial charge is 0.162 e. The zero-order valence-electron chi connectivity index (χ0n) is 27.7. The molecule has 3 aromatic heterocycles. The summed E-state index contributed by atoms with van der Waals surface area (Å²) < 4.78 is 6.47. The fourth-order valence-electron chi connectivity index (χ4n) is 7.75. The van der Waals surface area contributed by atoms with Crippen molar-refractivity contribution in [1.29, 1.82) is 0 Å². The predicted octanol–water partition coefficient (Wildman–Crippen LogP) is 11.9. The van der Waals surface area contributed by atoms with Gasteiger partial charge in [-0.2, -0.15) is 0 Å². The van der Waals surface area contributed by atoms with Gasteiger partial charge in [-0.25, -0.2) is 15.0 Å². The van der Waals surface area contributed by atoms with Crippen molar-refractivity contribution in [2.45, 2.75) is 19.3 Å². The lowest BCUT2D eigenvalue weighted by molar-refractivity contribution is 0.660. The first kappa shape index (κ1) is 28.6. The maximum atomic E-state index is 6.47. The standard InChI is InChI=1S/C46H31N3O/c1-46(2)36-17-9-6-14-32(36)33-25-24-31(26-37(33)46)40-27-39(48-45(49-40)30-12-4-3-5-13-30)28-20-22-29(23-21-28)43-44-42(34-15-7-10-18-38(34)47-43)35-16-8-11-19-41(35)50-44/h3-27H,1-2H3. The lowest BCUT2D eigenvalue weighted by atomic mass is 9.82. The van der Waals surface area contributed by atoms with Crippen LogP contribution in [-0.4, -0.2) is 15.0 Å². The molecule has 4 nitrogen and oxygen atoms in total. The minimum atomic E-state index is -0.0993.